The minimum atomic E-state index is -1.93. The Bertz CT molecular complexity index is 446. The van der Waals surface area contributed by atoms with Crippen LogP contribution in [0, 0.1) is 0 Å². The molecule has 0 aliphatic heterocycles. The fourth-order valence-corrected chi connectivity index (χ4v) is 33.9. The van der Waals surface area contributed by atoms with Crippen LogP contribution in [0.5, 0.6) is 0 Å². The Balaban J connectivity index is 6.89. The maximum atomic E-state index is 7.15. The zero-order valence-corrected chi connectivity index (χ0v) is 29.4. The summed E-state index contributed by atoms with van der Waals surface area (Å²) in [5, 5.41) is 0. The molecule has 0 saturated heterocycles. The van der Waals surface area contributed by atoms with Crippen molar-refractivity contribution >= 4 is 46.0 Å². The highest BCUT2D eigenvalue weighted by Crippen LogP contribution is 2.55. The molecule has 0 rings (SSSR count). The van der Waals surface area contributed by atoms with Crippen molar-refractivity contribution in [2.75, 3.05) is 0 Å². The van der Waals surface area contributed by atoms with Crippen LogP contribution in [-0.4, -0.2) is 33.8 Å². The van der Waals surface area contributed by atoms with Crippen molar-refractivity contribution in [3.05, 3.63) is 0 Å². The summed E-state index contributed by atoms with van der Waals surface area (Å²) in [5.41, 5.74) is 4.55. The topological polar surface area (TPSA) is 3.24 Å². The van der Waals surface area contributed by atoms with Gasteiger partial charge < -0.3 is 4.23 Å². The van der Waals surface area contributed by atoms with Gasteiger partial charge in [0.1, 0.15) is 16.5 Å². The molecule has 0 amide bonds. The Kier molecular flexibility index (Phi) is 16.0. The SMILES string of the molecule is CCCCCCCCC(N([Si](C(C)C)(C(C)C)C(C)C)[Si](C(C)C)(C(C)C)C(C)C)[SiH](Cl)Cl. The van der Waals surface area contributed by atoms with Gasteiger partial charge >= 0.3 is 0 Å². The van der Waals surface area contributed by atoms with Gasteiger partial charge in [0.15, 0.2) is 0 Å². The minimum absolute atomic E-state index is 0.414. The summed E-state index contributed by atoms with van der Waals surface area (Å²) < 4.78 is 3.28. The molecule has 1 nitrogen and oxygen atoms in total. The molecule has 0 radical (unpaired) electrons. The van der Waals surface area contributed by atoms with E-state index in [-0.39, 0.29) is 0 Å². The molecule has 0 aromatic heterocycles. The maximum Gasteiger partial charge on any atom is 0.252 e. The molecule has 33 heavy (non-hydrogen) atoms. The third kappa shape index (κ3) is 7.60. The minimum Gasteiger partial charge on any atom is -0.342 e. The zero-order chi connectivity index (χ0) is 26.1. The van der Waals surface area contributed by atoms with E-state index in [1.807, 2.05) is 0 Å². The molecule has 0 aromatic rings. The molecular formula is C27H61Cl2NSi3. The zero-order valence-electron chi connectivity index (χ0n) is 24.8. The summed E-state index contributed by atoms with van der Waals surface area (Å²) in [4.78, 5) is 0. The molecule has 0 saturated carbocycles. The molecule has 200 valence electrons. The number of unbranched alkanes of at least 4 members (excludes halogenated alkanes) is 5. The largest absolute Gasteiger partial charge is 0.342 e. The number of hydrogen-bond donors (Lipinski definition) is 0. The average Bonchev–Trinajstić information content (AvgIpc) is 2.65. The molecule has 1 unspecified atom stereocenters. The van der Waals surface area contributed by atoms with Crippen LogP contribution in [0.3, 0.4) is 0 Å². The Labute approximate surface area is 223 Å². The standard InChI is InChI=1S/C27H61Cl2NSi3/c1-14-15-16-17-18-19-20-27(31(28)29)30(32(21(2)3,22(4)5)23(6)7)33(24(8)9,25(10)11)26(12)13/h21-27,31H,14-20H2,1-13H3. The highest BCUT2D eigenvalue weighted by atomic mass is 35.7. The Morgan fingerprint density at radius 2 is 0.848 bits per heavy atom. The molecule has 6 heteroatoms. The smallest absolute Gasteiger partial charge is 0.252 e. The molecular weight excluding hydrogens is 493 g/mol. The van der Waals surface area contributed by atoms with Crippen molar-refractivity contribution in [1.29, 1.82) is 0 Å². The molecule has 0 bridgehead atoms. The lowest BCUT2D eigenvalue weighted by Gasteiger charge is -2.65. The number of nitrogens with zero attached hydrogens (tertiary/aromatic N) is 1. The lowest BCUT2D eigenvalue weighted by atomic mass is 10.1. The quantitative estimate of drug-likeness (QED) is 0.0981. The van der Waals surface area contributed by atoms with Crippen LogP contribution in [0.4, 0.5) is 0 Å². The lowest BCUT2D eigenvalue weighted by molar-refractivity contribution is 0.431. The first kappa shape index (κ1) is 34.2. The first-order valence-corrected chi connectivity index (χ1v) is 22.8. The summed E-state index contributed by atoms with van der Waals surface area (Å²) in [5.74, 6) is 0. The van der Waals surface area contributed by atoms with Gasteiger partial charge in [-0.25, -0.2) is 0 Å². The second-order valence-corrected chi connectivity index (χ2v) is 29.3. The van der Waals surface area contributed by atoms with E-state index in [0.717, 1.165) is 0 Å². The van der Waals surface area contributed by atoms with E-state index in [4.69, 9.17) is 22.2 Å². The molecule has 0 fully saturated rings. The van der Waals surface area contributed by atoms with Crippen LogP contribution < -0.4 is 0 Å². The fourth-order valence-electron chi connectivity index (χ4n) is 8.08. The summed E-state index contributed by atoms with van der Waals surface area (Å²) in [6.45, 7) is 32.6. The van der Waals surface area contributed by atoms with Gasteiger partial charge in [-0.05, 0) is 39.7 Å². The number of hydrogen-bond acceptors (Lipinski definition) is 1. The molecule has 1 atom stereocenters. The van der Waals surface area contributed by atoms with E-state index < -0.39 is 23.9 Å². The van der Waals surface area contributed by atoms with Crippen molar-refractivity contribution in [2.24, 2.45) is 0 Å². The third-order valence-corrected chi connectivity index (χ3v) is 28.2. The molecule has 0 spiro atoms. The molecule has 0 aliphatic rings. The maximum absolute atomic E-state index is 7.15. The normalized spacial score (nSPS) is 15.0. The molecule has 0 N–H and O–H groups in total. The monoisotopic (exact) mass is 553 g/mol. The van der Waals surface area contributed by atoms with Crippen molar-refractivity contribution in [2.45, 2.75) is 174 Å². The van der Waals surface area contributed by atoms with E-state index in [9.17, 15) is 0 Å². The summed E-state index contributed by atoms with van der Waals surface area (Å²) >= 11 is 14.3. The van der Waals surface area contributed by atoms with Gasteiger partial charge in [0.05, 0.1) is 0 Å². The second-order valence-electron chi connectivity index (χ2n) is 12.5. The van der Waals surface area contributed by atoms with E-state index in [1.54, 1.807) is 0 Å². The van der Waals surface area contributed by atoms with Crippen LogP contribution in [0.1, 0.15) is 135 Å². The first-order valence-electron chi connectivity index (χ1n) is 14.3. The van der Waals surface area contributed by atoms with Crippen molar-refractivity contribution in [3.63, 3.8) is 0 Å². The van der Waals surface area contributed by atoms with Gasteiger partial charge in [0, 0.05) is 5.67 Å². The highest BCUT2D eigenvalue weighted by Gasteiger charge is 2.61. The fraction of sp³-hybridized carbons (Fsp3) is 1.00. The van der Waals surface area contributed by atoms with Gasteiger partial charge in [-0.1, -0.05) is 129 Å². The Morgan fingerprint density at radius 1 is 0.545 bits per heavy atom. The van der Waals surface area contributed by atoms with E-state index in [2.05, 4.69) is 94.2 Å². The summed E-state index contributed by atoms with van der Waals surface area (Å²) in [6.07, 6.45) is 9.23. The predicted molar refractivity (Wildman–Crippen MR) is 165 cm³/mol. The highest BCUT2D eigenvalue weighted by molar-refractivity contribution is 7.34. The first-order chi connectivity index (χ1) is 15.2. The van der Waals surface area contributed by atoms with Gasteiger partial charge in [0.2, 0.25) is 0 Å². The van der Waals surface area contributed by atoms with Crippen LogP contribution in [-0.2, 0) is 0 Å². The van der Waals surface area contributed by atoms with Crippen molar-refractivity contribution < 1.29 is 0 Å². The van der Waals surface area contributed by atoms with Gasteiger partial charge in [-0.3, -0.25) is 0 Å². The van der Waals surface area contributed by atoms with Crippen LogP contribution in [0.15, 0.2) is 0 Å². The molecule has 0 aromatic carbocycles. The third-order valence-electron chi connectivity index (χ3n) is 8.86. The average molecular weight is 555 g/mol. The van der Waals surface area contributed by atoms with Gasteiger partial charge in [-0.2, -0.15) is 0 Å². The Hall–Kier alpha value is 1.19. The van der Waals surface area contributed by atoms with Crippen LogP contribution in [0.2, 0.25) is 33.2 Å². The molecule has 0 heterocycles. The van der Waals surface area contributed by atoms with Gasteiger partial charge in [-0.15, -0.1) is 22.2 Å². The number of rotatable bonds is 17. The molecule has 0 aliphatic carbocycles. The van der Waals surface area contributed by atoms with Crippen LogP contribution in [0.25, 0.3) is 0 Å². The van der Waals surface area contributed by atoms with Crippen LogP contribution >= 0.6 is 22.2 Å². The summed E-state index contributed by atoms with van der Waals surface area (Å²) in [6, 6.07) is 0. The number of halogens is 2. The predicted octanol–water partition coefficient (Wildman–Crippen LogP) is 11.0. The second kappa shape index (κ2) is 15.4. The van der Waals surface area contributed by atoms with E-state index in [1.165, 1.54) is 44.9 Å². The Morgan fingerprint density at radius 3 is 1.12 bits per heavy atom. The summed E-state index contributed by atoms with van der Waals surface area (Å²) in [7, 11) is -5.77. The van der Waals surface area contributed by atoms with Crippen molar-refractivity contribution in [3.8, 4) is 0 Å². The van der Waals surface area contributed by atoms with E-state index in [0.29, 0.717) is 38.9 Å². The van der Waals surface area contributed by atoms with Crippen molar-refractivity contribution in [1.82, 2.24) is 4.23 Å². The van der Waals surface area contributed by atoms with Gasteiger partial charge in [0.25, 0.3) is 7.42 Å². The lowest BCUT2D eigenvalue weighted by Crippen LogP contribution is -2.77. The van der Waals surface area contributed by atoms with E-state index >= 15 is 0 Å².